The van der Waals surface area contributed by atoms with Crippen molar-refractivity contribution in [2.24, 2.45) is 11.3 Å². The van der Waals surface area contributed by atoms with Crippen LogP contribution in [0.5, 0.6) is 11.6 Å². The van der Waals surface area contributed by atoms with Gasteiger partial charge in [-0.25, -0.2) is 9.37 Å². The Morgan fingerprint density at radius 3 is 2.44 bits per heavy atom. The van der Waals surface area contributed by atoms with Gasteiger partial charge in [0.25, 0.3) is 0 Å². The van der Waals surface area contributed by atoms with Gasteiger partial charge in [-0.2, -0.15) is 0 Å². The Morgan fingerprint density at radius 2 is 1.80 bits per heavy atom. The highest BCUT2D eigenvalue weighted by Crippen LogP contribution is 2.53. The van der Waals surface area contributed by atoms with Crippen LogP contribution in [0, 0.1) is 17.2 Å². The molecule has 2 unspecified atom stereocenters. The number of pyridine rings is 1. The lowest BCUT2D eigenvalue weighted by Crippen LogP contribution is -2.21. The van der Waals surface area contributed by atoms with Crippen molar-refractivity contribution in [1.82, 2.24) is 4.98 Å². The molecule has 222 valence electrons. The summed E-state index contributed by atoms with van der Waals surface area (Å²) in [5.74, 6) is 1.43. The summed E-state index contributed by atoms with van der Waals surface area (Å²) in [5.41, 5.74) is 3.83. The topological polar surface area (TPSA) is 66.9 Å². The third-order valence-electron chi connectivity index (χ3n) is 7.58. The molecule has 1 aliphatic carbocycles. The zero-order valence-electron chi connectivity index (χ0n) is 25.3. The summed E-state index contributed by atoms with van der Waals surface area (Å²) in [7, 11) is 0.563. The van der Waals surface area contributed by atoms with E-state index in [1.165, 1.54) is 6.07 Å². The first-order chi connectivity index (χ1) is 19.5. The molecule has 1 fully saturated rings. The van der Waals surface area contributed by atoms with Gasteiger partial charge >= 0.3 is 0 Å². The van der Waals surface area contributed by atoms with E-state index in [0.29, 0.717) is 35.9 Å². The van der Waals surface area contributed by atoms with Gasteiger partial charge in [0.1, 0.15) is 18.2 Å². The Hall–Kier alpha value is -2.73. The molecule has 0 aliphatic heterocycles. The molecular weight excluding hydrogens is 540 g/mol. The fourth-order valence-corrected chi connectivity index (χ4v) is 7.42. The molecule has 0 saturated heterocycles. The summed E-state index contributed by atoms with van der Waals surface area (Å²) >= 11 is 0. The number of ether oxygens (including phenoxy) is 3. The molecule has 6 nitrogen and oxygen atoms in total. The Bertz CT molecular complexity index is 1380. The second kappa shape index (κ2) is 13.1. The second-order valence-corrected chi connectivity index (χ2v) is 14.7. The fourth-order valence-electron chi connectivity index (χ4n) is 5.55. The van der Waals surface area contributed by atoms with Crippen molar-refractivity contribution >= 4 is 7.37 Å². The monoisotopic (exact) mass is 583 g/mol. The number of nitrogens with zero attached hydrogens (tertiary/aromatic N) is 1. The van der Waals surface area contributed by atoms with Crippen molar-refractivity contribution < 1.29 is 27.7 Å². The van der Waals surface area contributed by atoms with Crippen molar-refractivity contribution in [1.29, 1.82) is 0 Å². The first-order valence-corrected chi connectivity index (χ1v) is 16.5. The Balaban J connectivity index is 1.62. The first kappa shape index (κ1) is 31.2. The number of benzene rings is 2. The second-order valence-electron chi connectivity index (χ2n) is 12.0. The first-order valence-electron chi connectivity index (χ1n) is 14.2. The van der Waals surface area contributed by atoms with Crippen LogP contribution >= 0.6 is 7.37 Å². The number of methoxy groups -OCH3 is 2. The van der Waals surface area contributed by atoms with Crippen LogP contribution in [0.25, 0.3) is 11.1 Å². The highest BCUT2D eigenvalue weighted by molar-refractivity contribution is 7.58. The van der Waals surface area contributed by atoms with Crippen LogP contribution in [-0.4, -0.2) is 38.6 Å². The van der Waals surface area contributed by atoms with Crippen molar-refractivity contribution in [3.63, 3.8) is 0 Å². The zero-order valence-corrected chi connectivity index (χ0v) is 26.2. The molecule has 1 saturated carbocycles. The van der Waals surface area contributed by atoms with Crippen LogP contribution in [0.1, 0.15) is 69.2 Å². The molecule has 0 bridgehead atoms. The van der Waals surface area contributed by atoms with E-state index in [2.05, 4.69) is 25.8 Å². The van der Waals surface area contributed by atoms with Gasteiger partial charge in [0.2, 0.25) is 13.2 Å². The van der Waals surface area contributed by atoms with E-state index in [9.17, 15) is 4.57 Å². The molecule has 2 aromatic carbocycles. The van der Waals surface area contributed by atoms with Crippen LogP contribution in [0.15, 0.2) is 54.7 Å². The van der Waals surface area contributed by atoms with Gasteiger partial charge in [-0.1, -0.05) is 32.9 Å². The van der Waals surface area contributed by atoms with Crippen LogP contribution < -0.4 is 9.47 Å². The molecule has 1 heterocycles. The molecule has 0 spiro atoms. The van der Waals surface area contributed by atoms with Crippen molar-refractivity contribution in [3.05, 3.63) is 77.2 Å². The van der Waals surface area contributed by atoms with Crippen molar-refractivity contribution in [3.8, 4) is 22.8 Å². The number of rotatable bonds is 13. The predicted molar refractivity (Wildman–Crippen MR) is 162 cm³/mol. The van der Waals surface area contributed by atoms with E-state index in [4.69, 9.17) is 18.7 Å². The average Bonchev–Trinajstić information content (AvgIpc) is 3.76. The molecule has 1 aliphatic rings. The Morgan fingerprint density at radius 1 is 1.05 bits per heavy atom. The summed E-state index contributed by atoms with van der Waals surface area (Å²) in [4.78, 5) is 4.45. The van der Waals surface area contributed by atoms with E-state index in [0.717, 1.165) is 35.1 Å². The quantitative estimate of drug-likeness (QED) is 0.188. The summed E-state index contributed by atoms with van der Waals surface area (Å²) < 4.78 is 51.1. The largest absolute Gasteiger partial charge is 0.497 e. The van der Waals surface area contributed by atoms with Gasteiger partial charge in [-0.15, -0.1) is 0 Å². The van der Waals surface area contributed by atoms with Gasteiger partial charge in [0, 0.05) is 37.8 Å². The van der Waals surface area contributed by atoms with Crippen LogP contribution in [-0.2, 0) is 20.4 Å². The molecule has 3 aromatic rings. The molecule has 1 aromatic heterocycles. The molecule has 41 heavy (non-hydrogen) atoms. The average molecular weight is 584 g/mol. The minimum Gasteiger partial charge on any atom is -0.497 e. The maximum atomic E-state index is 15.1. The third-order valence-corrected chi connectivity index (χ3v) is 9.44. The number of hydrogen-bond acceptors (Lipinski definition) is 6. The van der Waals surface area contributed by atoms with Gasteiger partial charge in [0.05, 0.1) is 19.8 Å². The molecule has 8 heteroatoms. The molecular formula is C33H43FNO5P. The Labute approximate surface area is 244 Å². The molecule has 0 radical (unpaired) electrons. The summed E-state index contributed by atoms with van der Waals surface area (Å²) in [6, 6.07) is 14.6. The van der Waals surface area contributed by atoms with Gasteiger partial charge in [-0.05, 0) is 89.6 Å². The van der Waals surface area contributed by atoms with E-state index < -0.39 is 7.37 Å². The predicted octanol–water partition coefficient (Wildman–Crippen LogP) is 8.65. The Kier molecular flexibility index (Phi) is 9.94. The standard InChI is InChI=1S/C33H43FNO5P/c1-8-40-41(7,36)21-29(23-10-11-23)24-15-16-35-31(18-24)39-20-22-9-13-26(27-19-25(37-5)12-14-30(27)34)28(17-22)32(38-6)33(2,3)4/h9,12-19,23,29,32H,8,10-11,20-21H2,1-7H3/t29?,32-,41?/m1/s1. The zero-order chi connectivity index (χ0) is 29.8. The fraction of sp³-hybridized carbons (Fsp3) is 0.485. The number of hydrogen-bond donors (Lipinski definition) is 0. The van der Waals surface area contributed by atoms with Crippen LogP contribution in [0.2, 0.25) is 0 Å². The van der Waals surface area contributed by atoms with E-state index in [1.807, 2.05) is 37.3 Å². The lowest BCUT2D eigenvalue weighted by Gasteiger charge is -2.32. The highest BCUT2D eigenvalue weighted by atomic mass is 31.2. The summed E-state index contributed by atoms with van der Waals surface area (Å²) in [5, 5.41) is 0. The summed E-state index contributed by atoms with van der Waals surface area (Å²) in [6.07, 6.45) is 4.24. The van der Waals surface area contributed by atoms with Crippen LogP contribution in [0.3, 0.4) is 0 Å². The van der Waals surface area contributed by atoms with E-state index in [-0.39, 0.29) is 29.9 Å². The summed E-state index contributed by atoms with van der Waals surface area (Å²) in [6.45, 7) is 10.6. The SMILES string of the molecule is CCOP(C)(=O)CC(c1ccnc(OCc2ccc(-c3cc(OC)ccc3F)c([C@@H](OC)C(C)(C)C)c2)c1)C1CC1. The maximum absolute atomic E-state index is 15.1. The maximum Gasteiger partial charge on any atom is 0.213 e. The smallest absolute Gasteiger partial charge is 0.213 e. The van der Waals surface area contributed by atoms with Crippen LogP contribution in [0.4, 0.5) is 4.39 Å². The van der Waals surface area contributed by atoms with E-state index in [1.54, 1.807) is 39.2 Å². The van der Waals surface area contributed by atoms with Gasteiger partial charge in [0.15, 0.2) is 0 Å². The lowest BCUT2D eigenvalue weighted by atomic mass is 9.81. The van der Waals surface area contributed by atoms with Gasteiger partial charge in [-0.3, -0.25) is 4.57 Å². The minimum absolute atomic E-state index is 0.153. The minimum atomic E-state index is -2.69. The molecule has 0 amide bonds. The van der Waals surface area contributed by atoms with Crippen molar-refractivity contribution in [2.75, 3.05) is 33.7 Å². The molecule has 0 N–H and O–H groups in total. The number of halogens is 1. The van der Waals surface area contributed by atoms with Gasteiger partial charge < -0.3 is 18.7 Å². The number of aromatic nitrogens is 1. The van der Waals surface area contributed by atoms with Crippen molar-refractivity contribution in [2.45, 2.75) is 59.2 Å². The molecule has 4 rings (SSSR count). The lowest BCUT2D eigenvalue weighted by molar-refractivity contribution is 0.0155. The third kappa shape index (κ3) is 7.97. The molecule has 3 atom stereocenters. The normalized spacial score (nSPS) is 16.6. The highest BCUT2D eigenvalue weighted by Gasteiger charge is 2.36. The van der Waals surface area contributed by atoms with E-state index >= 15 is 4.39 Å².